The lowest BCUT2D eigenvalue weighted by molar-refractivity contribution is -0.274. The Morgan fingerprint density at radius 1 is 1.11 bits per heavy atom. The van der Waals surface area contributed by atoms with Crippen LogP contribution in [0.5, 0.6) is 11.5 Å². The number of aliphatic hydroxyl groups excluding tert-OH is 1. The van der Waals surface area contributed by atoms with Crippen molar-refractivity contribution >= 4 is 0 Å². The summed E-state index contributed by atoms with van der Waals surface area (Å²) in [5, 5.41) is 18.3. The number of ether oxygens (including phenoxy) is 3. The number of piperidine rings is 1. The Bertz CT molecular complexity index is 1050. The minimum Gasteiger partial charge on any atom is -0.490 e. The molecule has 2 aromatic rings. The lowest BCUT2D eigenvalue weighted by Gasteiger charge is -2.43. The highest BCUT2D eigenvalue weighted by Crippen LogP contribution is 2.47. The molecule has 3 fully saturated rings. The number of nitrogens with one attached hydrogen (secondary N) is 2. The summed E-state index contributed by atoms with van der Waals surface area (Å²) in [5.41, 5.74) is 1.30. The maximum absolute atomic E-state index is 12.9. The fraction of sp³-hybridized carbons (Fsp3) is 0.571. The topological polar surface area (TPSA) is 72.0 Å². The van der Waals surface area contributed by atoms with Crippen LogP contribution in [0.2, 0.25) is 0 Å². The van der Waals surface area contributed by atoms with Gasteiger partial charge in [-0.1, -0.05) is 37.3 Å². The van der Waals surface area contributed by atoms with Gasteiger partial charge in [0.05, 0.1) is 11.6 Å². The Labute approximate surface area is 215 Å². The van der Waals surface area contributed by atoms with Crippen LogP contribution in [-0.4, -0.2) is 42.6 Å². The molecule has 2 bridgehead atoms. The zero-order chi connectivity index (χ0) is 26.0. The molecular formula is C28H35F3N2O4. The molecule has 0 aromatic heterocycles. The van der Waals surface area contributed by atoms with Crippen molar-refractivity contribution in [2.75, 3.05) is 6.61 Å². The second-order valence-corrected chi connectivity index (χ2v) is 10.4. The first-order valence-corrected chi connectivity index (χ1v) is 13.2. The van der Waals surface area contributed by atoms with E-state index in [1.807, 2.05) is 25.1 Å². The van der Waals surface area contributed by atoms with Crippen LogP contribution in [0.4, 0.5) is 13.2 Å². The molecule has 2 aliphatic heterocycles. The van der Waals surface area contributed by atoms with Gasteiger partial charge in [0.2, 0.25) is 0 Å². The van der Waals surface area contributed by atoms with Crippen molar-refractivity contribution in [1.82, 2.24) is 10.6 Å². The van der Waals surface area contributed by atoms with Gasteiger partial charge in [0.25, 0.3) is 0 Å². The Hall–Kier alpha value is -2.33. The molecule has 2 saturated heterocycles. The largest absolute Gasteiger partial charge is 0.573 e. The number of hydrogen-bond acceptors (Lipinski definition) is 6. The first-order valence-electron chi connectivity index (χ1n) is 13.2. The first-order chi connectivity index (χ1) is 17.8. The van der Waals surface area contributed by atoms with Crippen LogP contribution in [0.25, 0.3) is 0 Å². The van der Waals surface area contributed by atoms with E-state index in [0.29, 0.717) is 30.9 Å². The van der Waals surface area contributed by atoms with Crippen LogP contribution in [0, 0.1) is 5.92 Å². The standard InChI is InChI=1S/C28H35F3N2O4/c1-2-14-35-26(34)22-16-27(19-6-4-3-5-7-19)25(13-11-23(22)33-27)32-17-18-15-21(37-28(29,30)31)10-12-24(18)36-20-8-9-20/h3-7,10,12,15,20,22-23,25-26,32-34H,2,8-9,11,13-14,16-17H2,1H3/t22-,23+,25-,26?,27-/m1/s1. The summed E-state index contributed by atoms with van der Waals surface area (Å²) >= 11 is 0. The quantitative estimate of drug-likeness (QED) is 0.363. The summed E-state index contributed by atoms with van der Waals surface area (Å²) in [7, 11) is 0. The summed E-state index contributed by atoms with van der Waals surface area (Å²) in [6.45, 7) is 2.84. The van der Waals surface area contributed by atoms with Gasteiger partial charge in [-0.25, -0.2) is 0 Å². The lowest BCUT2D eigenvalue weighted by Crippen LogP contribution is -2.58. The summed E-state index contributed by atoms with van der Waals surface area (Å²) < 4.78 is 54.5. The first kappa shape index (κ1) is 26.3. The molecule has 0 radical (unpaired) electrons. The van der Waals surface area contributed by atoms with Crippen molar-refractivity contribution in [2.45, 2.75) is 88.4 Å². The Balaban J connectivity index is 1.38. The SMILES string of the molecule is CCCOC(O)[C@@H]1C[C@]2(c3ccccc3)N[C@H]1CC[C@H]2NCc1cc(OC(F)(F)F)ccc1OC1CC1. The summed E-state index contributed by atoms with van der Waals surface area (Å²) in [5.74, 6) is 0.257. The normalized spacial score (nSPS) is 28.2. The van der Waals surface area contributed by atoms with Gasteiger partial charge in [-0.3, -0.25) is 0 Å². The molecule has 5 atom stereocenters. The molecule has 1 aliphatic carbocycles. The van der Waals surface area contributed by atoms with Crippen LogP contribution in [-0.2, 0) is 16.8 Å². The van der Waals surface area contributed by atoms with Gasteiger partial charge >= 0.3 is 6.36 Å². The second-order valence-electron chi connectivity index (χ2n) is 10.4. The molecule has 1 saturated carbocycles. The van der Waals surface area contributed by atoms with Crippen molar-refractivity contribution in [3.63, 3.8) is 0 Å². The van der Waals surface area contributed by atoms with E-state index in [9.17, 15) is 18.3 Å². The molecular weight excluding hydrogens is 485 g/mol. The molecule has 2 aromatic carbocycles. The minimum atomic E-state index is -4.76. The Kier molecular flexibility index (Phi) is 7.68. The van der Waals surface area contributed by atoms with Crippen LogP contribution in [0.3, 0.4) is 0 Å². The van der Waals surface area contributed by atoms with Crippen molar-refractivity contribution in [3.05, 3.63) is 59.7 Å². The van der Waals surface area contributed by atoms with Gasteiger partial charge in [-0.2, -0.15) is 0 Å². The van der Waals surface area contributed by atoms with E-state index >= 15 is 0 Å². The van der Waals surface area contributed by atoms with Crippen molar-refractivity contribution in [2.24, 2.45) is 5.92 Å². The monoisotopic (exact) mass is 520 g/mol. The zero-order valence-electron chi connectivity index (χ0n) is 21.0. The Morgan fingerprint density at radius 2 is 1.89 bits per heavy atom. The number of benzene rings is 2. The number of hydrogen-bond donors (Lipinski definition) is 3. The number of aliphatic hydroxyl groups is 1. The fourth-order valence-electron chi connectivity index (χ4n) is 5.81. The predicted molar refractivity (Wildman–Crippen MR) is 132 cm³/mol. The molecule has 6 nitrogen and oxygen atoms in total. The highest BCUT2D eigenvalue weighted by atomic mass is 19.4. The third kappa shape index (κ3) is 6.06. The van der Waals surface area contributed by atoms with E-state index in [0.717, 1.165) is 37.7 Å². The number of rotatable bonds is 11. The van der Waals surface area contributed by atoms with Crippen LogP contribution in [0.1, 0.15) is 56.6 Å². The van der Waals surface area contributed by atoms with Gasteiger partial charge in [-0.05, 0) is 62.3 Å². The molecule has 1 unspecified atom stereocenters. The zero-order valence-corrected chi connectivity index (χ0v) is 21.0. The van der Waals surface area contributed by atoms with Gasteiger partial charge in [0, 0.05) is 36.7 Å². The number of alkyl halides is 3. The number of halogens is 3. The molecule has 9 heteroatoms. The van der Waals surface area contributed by atoms with Crippen molar-refractivity contribution in [1.29, 1.82) is 0 Å². The average Bonchev–Trinajstić information content (AvgIpc) is 3.64. The van der Waals surface area contributed by atoms with Crippen LogP contribution in [0.15, 0.2) is 48.5 Å². The molecule has 3 aliphatic rings. The Morgan fingerprint density at radius 3 is 2.59 bits per heavy atom. The third-order valence-corrected chi connectivity index (χ3v) is 7.65. The molecule has 2 heterocycles. The summed E-state index contributed by atoms with van der Waals surface area (Å²) in [6, 6.07) is 14.5. The van der Waals surface area contributed by atoms with E-state index in [-0.39, 0.29) is 29.9 Å². The van der Waals surface area contributed by atoms with E-state index in [2.05, 4.69) is 27.5 Å². The molecule has 5 rings (SSSR count). The van der Waals surface area contributed by atoms with Crippen molar-refractivity contribution < 1.29 is 32.5 Å². The van der Waals surface area contributed by atoms with Crippen LogP contribution >= 0.6 is 0 Å². The second kappa shape index (κ2) is 10.8. The summed E-state index contributed by atoms with van der Waals surface area (Å²) in [4.78, 5) is 0. The van der Waals surface area contributed by atoms with Crippen molar-refractivity contribution in [3.8, 4) is 11.5 Å². The molecule has 3 N–H and O–H groups in total. The van der Waals surface area contributed by atoms with E-state index in [4.69, 9.17) is 9.47 Å². The summed E-state index contributed by atoms with van der Waals surface area (Å²) in [6.07, 6.45) is -0.385. The van der Waals surface area contributed by atoms with Gasteiger partial charge in [0.1, 0.15) is 11.5 Å². The van der Waals surface area contributed by atoms with E-state index in [1.165, 1.54) is 12.1 Å². The predicted octanol–water partition coefficient (Wildman–Crippen LogP) is 5.00. The third-order valence-electron chi connectivity index (χ3n) is 7.65. The van der Waals surface area contributed by atoms with Gasteiger partial charge in [0.15, 0.2) is 6.29 Å². The lowest BCUT2D eigenvalue weighted by atomic mass is 9.78. The van der Waals surface area contributed by atoms with Gasteiger partial charge < -0.3 is 30.0 Å². The molecule has 37 heavy (non-hydrogen) atoms. The van der Waals surface area contributed by atoms with Crippen LogP contribution < -0.4 is 20.1 Å². The molecule has 202 valence electrons. The maximum Gasteiger partial charge on any atom is 0.573 e. The van der Waals surface area contributed by atoms with E-state index < -0.39 is 18.2 Å². The highest BCUT2D eigenvalue weighted by molar-refractivity contribution is 5.41. The molecule has 0 spiro atoms. The van der Waals surface area contributed by atoms with E-state index in [1.54, 1.807) is 6.07 Å². The smallest absolute Gasteiger partial charge is 0.490 e. The highest BCUT2D eigenvalue weighted by Gasteiger charge is 2.55. The maximum atomic E-state index is 12.9. The fourth-order valence-corrected chi connectivity index (χ4v) is 5.81. The van der Waals surface area contributed by atoms with Gasteiger partial charge in [-0.15, -0.1) is 13.2 Å². The average molecular weight is 521 g/mol. The number of fused-ring (bicyclic) bond motifs is 2. The minimum absolute atomic E-state index is 0.0181. The molecule has 0 amide bonds.